The number of anilines is 1. The van der Waals surface area contributed by atoms with Crippen molar-refractivity contribution in [2.45, 2.75) is 6.42 Å². The van der Waals surface area contributed by atoms with Gasteiger partial charge in [0.25, 0.3) is 0 Å². The van der Waals surface area contributed by atoms with E-state index in [2.05, 4.69) is 5.32 Å². The van der Waals surface area contributed by atoms with Gasteiger partial charge in [0, 0.05) is 6.08 Å². The van der Waals surface area contributed by atoms with Crippen LogP contribution in [0.1, 0.15) is 11.1 Å². The van der Waals surface area contributed by atoms with Gasteiger partial charge in [0.15, 0.2) is 0 Å². The summed E-state index contributed by atoms with van der Waals surface area (Å²) in [5.74, 6) is -0.526. The van der Waals surface area contributed by atoms with Crippen molar-refractivity contribution in [3.05, 3.63) is 35.4 Å². The molecular formula is C11H10N2O2. The first-order chi connectivity index (χ1) is 7.16. The van der Waals surface area contributed by atoms with E-state index in [1.807, 2.05) is 18.2 Å². The van der Waals surface area contributed by atoms with Gasteiger partial charge in [0.2, 0.25) is 11.8 Å². The van der Waals surface area contributed by atoms with Crippen LogP contribution in [0, 0.1) is 0 Å². The molecule has 0 unspecified atom stereocenters. The van der Waals surface area contributed by atoms with Crippen LogP contribution in [-0.2, 0) is 16.0 Å². The molecule has 1 aliphatic heterocycles. The number of carbonyl (C=O) groups excluding carboxylic acids is 2. The van der Waals surface area contributed by atoms with Gasteiger partial charge in [-0.05, 0) is 17.2 Å². The second-order valence-corrected chi connectivity index (χ2v) is 3.34. The average Bonchev–Trinajstić information content (AvgIpc) is 2.55. The third-order valence-corrected chi connectivity index (χ3v) is 2.23. The van der Waals surface area contributed by atoms with Crippen molar-refractivity contribution < 1.29 is 9.59 Å². The van der Waals surface area contributed by atoms with Crippen molar-refractivity contribution in [2.75, 3.05) is 5.32 Å². The molecule has 0 aromatic heterocycles. The molecule has 1 heterocycles. The van der Waals surface area contributed by atoms with Crippen LogP contribution in [0.2, 0.25) is 0 Å². The summed E-state index contributed by atoms with van der Waals surface area (Å²) in [5, 5.41) is 2.75. The molecule has 2 amide bonds. The first-order valence-corrected chi connectivity index (χ1v) is 4.56. The molecule has 4 heteroatoms. The Hall–Kier alpha value is -2.10. The minimum atomic E-state index is -0.503. The number of primary amides is 1. The second kappa shape index (κ2) is 3.57. The van der Waals surface area contributed by atoms with Gasteiger partial charge in [-0.2, -0.15) is 0 Å². The third kappa shape index (κ3) is 1.88. The Morgan fingerprint density at radius 2 is 2.27 bits per heavy atom. The number of nitrogens with two attached hydrogens (primary N) is 1. The quantitative estimate of drug-likeness (QED) is 0.692. The predicted octanol–water partition coefficient (Wildman–Crippen LogP) is 0.680. The van der Waals surface area contributed by atoms with Gasteiger partial charge >= 0.3 is 0 Å². The van der Waals surface area contributed by atoms with Crippen molar-refractivity contribution in [3.63, 3.8) is 0 Å². The van der Waals surface area contributed by atoms with Crippen LogP contribution in [0.5, 0.6) is 0 Å². The highest BCUT2D eigenvalue weighted by Crippen LogP contribution is 2.27. The summed E-state index contributed by atoms with van der Waals surface area (Å²) < 4.78 is 0. The Bertz CT molecular complexity index is 464. The molecule has 76 valence electrons. The highest BCUT2D eigenvalue weighted by Gasteiger charge is 2.18. The van der Waals surface area contributed by atoms with Gasteiger partial charge in [-0.15, -0.1) is 0 Å². The number of nitrogens with one attached hydrogen (secondary N) is 1. The molecule has 1 aromatic carbocycles. The maximum absolute atomic E-state index is 11.2. The smallest absolute Gasteiger partial charge is 0.241 e. The number of rotatable bonds is 2. The van der Waals surface area contributed by atoms with Crippen LogP contribution in [0.3, 0.4) is 0 Å². The second-order valence-electron chi connectivity index (χ2n) is 3.34. The number of fused-ring (bicyclic) bond motifs is 1. The molecule has 1 aromatic rings. The van der Waals surface area contributed by atoms with Crippen LogP contribution in [0.15, 0.2) is 24.3 Å². The van der Waals surface area contributed by atoms with Gasteiger partial charge in [-0.1, -0.05) is 18.2 Å². The van der Waals surface area contributed by atoms with Crippen LogP contribution in [-0.4, -0.2) is 11.8 Å². The molecule has 2 rings (SSSR count). The lowest BCUT2D eigenvalue weighted by Crippen LogP contribution is -2.06. The van der Waals surface area contributed by atoms with Crippen LogP contribution < -0.4 is 11.1 Å². The number of amides is 2. The topological polar surface area (TPSA) is 72.2 Å². The molecule has 0 radical (unpaired) electrons. The average molecular weight is 202 g/mol. The lowest BCUT2D eigenvalue weighted by atomic mass is 10.1. The minimum Gasteiger partial charge on any atom is -0.366 e. The molecule has 3 N–H and O–H groups in total. The number of hydrogen-bond donors (Lipinski definition) is 2. The SMILES string of the molecule is NC(=O)C=Cc1cccc2c1NC(=O)C2. The maximum Gasteiger partial charge on any atom is 0.241 e. The summed E-state index contributed by atoms with van der Waals surface area (Å²) in [7, 11) is 0. The Kier molecular flexibility index (Phi) is 2.25. The van der Waals surface area contributed by atoms with Crippen molar-refractivity contribution in [3.8, 4) is 0 Å². The summed E-state index contributed by atoms with van der Waals surface area (Å²) in [6.07, 6.45) is 3.28. The molecule has 0 spiro atoms. The zero-order chi connectivity index (χ0) is 10.8. The van der Waals surface area contributed by atoms with Crippen LogP contribution >= 0.6 is 0 Å². The third-order valence-electron chi connectivity index (χ3n) is 2.23. The lowest BCUT2D eigenvalue weighted by molar-refractivity contribution is -0.115. The number of para-hydroxylation sites is 1. The van der Waals surface area contributed by atoms with E-state index < -0.39 is 5.91 Å². The van der Waals surface area contributed by atoms with E-state index in [9.17, 15) is 9.59 Å². The molecular weight excluding hydrogens is 192 g/mol. The van der Waals surface area contributed by atoms with E-state index >= 15 is 0 Å². The maximum atomic E-state index is 11.2. The van der Waals surface area contributed by atoms with Gasteiger partial charge in [-0.3, -0.25) is 9.59 Å². The number of benzene rings is 1. The number of hydrogen-bond acceptors (Lipinski definition) is 2. The molecule has 15 heavy (non-hydrogen) atoms. The normalized spacial score (nSPS) is 14.0. The van der Waals surface area contributed by atoms with E-state index in [-0.39, 0.29) is 5.91 Å². The van der Waals surface area contributed by atoms with E-state index in [1.165, 1.54) is 6.08 Å². The monoisotopic (exact) mass is 202 g/mol. The van der Waals surface area contributed by atoms with Crippen molar-refractivity contribution >= 4 is 23.6 Å². The largest absolute Gasteiger partial charge is 0.366 e. The zero-order valence-electron chi connectivity index (χ0n) is 7.99. The Labute approximate surface area is 86.8 Å². The van der Waals surface area contributed by atoms with E-state index in [0.717, 1.165) is 16.8 Å². The highest BCUT2D eigenvalue weighted by atomic mass is 16.2. The fourth-order valence-electron chi connectivity index (χ4n) is 1.59. The zero-order valence-corrected chi connectivity index (χ0v) is 7.99. The molecule has 0 aliphatic carbocycles. The highest BCUT2D eigenvalue weighted by molar-refractivity contribution is 6.02. The van der Waals surface area contributed by atoms with Gasteiger partial charge in [0.1, 0.15) is 0 Å². The van der Waals surface area contributed by atoms with Gasteiger partial charge in [-0.25, -0.2) is 0 Å². The summed E-state index contributed by atoms with van der Waals surface area (Å²) in [6, 6.07) is 5.55. The summed E-state index contributed by atoms with van der Waals surface area (Å²) in [6.45, 7) is 0. The minimum absolute atomic E-state index is 0.0232. The molecule has 0 saturated carbocycles. The lowest BCUT2D eigenvalue weighted by Gasteiger charge is -2.02. The molecule has 0 saturated heterocycles. The summed E-state index contributed by atoms with van der Waals surface area (Å²) >= 11 is 0. The Morgan fingerprint density at radius 1 is 1.47 bits per heavy atom. The fourth-order valence-corrected chi connectivity index (χ4v) is 1.59. The molecule has 4 nitrogen and oxygen atoms in total. The van der Waals surface area contributed by atoms with E-state index in [1.54, 1.807) is 6.08 Å². The van der Waals surface area contributed by atoms with Crippen molar-refractivity contribution in [1.82, 2.24) is 0 Å². The van der Waals surface area contributed by atoms with Gasteiger partial charge in [0.05, 0.1) is 12.1 Å². The molecule has 0 bridgehead atoms. The standard InChI is InChI=1S/C11H10N2O2/c12-9(14)5-4-7-2-1-3-8-6-10(15)13-11(7)8/h1-5H,6H2,(H2,12,14)(H,13,15). The summed E-state index contributed by atoms with van der Waals surface area (Å²) in [5.41, 5.74) is 7.53. The van der Waals surface area contributed by atoms with E-state index in [0.29, 0.717) is 6.42 Å². The summed E-state index contributed by atoms with van der Waals surface area (Å²) in [4.78, 5) is 21.7. The van der Waals surface area contributed by atoms with Crippen LogP contribution in [0.4, 0.5) is 5.69 Å². The van der Waals surface area contributed by atoms with E-state index in [4.69, 9.17) is 5.73 Å². The fraction of sp³-hybridized carbons (Fsp3) is 0.0909. The first-order valence-electron chi connectivity index (χ1n) is 4.56. The van der Waals surface area contributed by atoms with Gasteiger partial charge < -0.3 is 11.1 Å². The molecule has 0 fully saturated rings. The van der Waals surface area contributed by atoms with Crippen molar-refractivity contribution in [2.24, 2.45) is 5.73 Å². The molecule has 0 atom stereocenters. The molecule has 1 aliphatic rings. The first kappa shape index (κ1) is 9.45. The number of carbonyl (C=O) groups is 2. The van der Waals surface area contributed by atoms with Crippen LogP contribution in [0.25, 0.3) is 6.08 Å². The Balaban J connectivity index is 2.38. The Morgan fingerprint density at radius 3 is 3.00 bits per heavy atom. The van der Waals surface area contributed by atoms with Crippen molar-refractivity contribution in [1.29, 1.82) is 0 Å². The predicted molar refractivity (Wildman–Crippen MR) is 57.0 cm³/mol.